The van der Waals surface area contributed by atoms with E-state index in [2.05, 4.69) is 4.99 Å². The summed E-state index contributed by atoms with van der Waals surface area (Å²) in [5.74, 6) is -0.0976. The van der Waals surface area contributed by atoms with Crippen molar-refractivity contribution in [1.29, 1.82) is 0 Å². The fourth-order valence-electron chi connectivity index (χ4n) is 3.24. The van der Waals surface area contributed by atoms with Gasteiger partial charge in [0.2, 0.25) is 0 Å². The van der Waals surface area contributed by atoms with Gasteiger partial charge in [0.25, 0.3) is 0 Å². The van der Waals surface area contributed by atoms with Crippen LogP contribution in [0.3, 0.4) is 0 Å². The van der Waals surface area contributed by atoms with E-state index in [1.807, 2.05) is 54.6 Å². The molecule has 1 N–H and O–H groups in total. The first-order valence-electron chi connectivity index (χ1n) is 10.6. The summed E-state index contributed by atoms with van der Waals surface area (Å²) in [6.45, 7) is 2.35. The van der Waals surface area contributed by atoms with Crippen LogP contribution in [-0.2, 0) is 16.1 Å². The van der Waals surface area contributed by atoms with Crippen LogP contribution in [0.25, 0.3) is 6.08 Å². The summed E-state index contributed by atoms with van der Waals surface area (Å²) in [5, 5.41) is 11.8. The van der Waals surface area contributed by atoms with Gasteiger partial charge in [-0.3, -0.25) is 0 Å². The molecular formula is C27H22ClNO4S. The first-order valence-corrected chi connectivity index (χ1v) is 11.8. The number of carbonyl (C=O) groups excluding carboxylic acids is 1. The van der Waals surface area contributed by atoms with Crippen molar-refractivity contribution in [2.45, 2.75) is 13.5 Å². The van der Waals surface area contributed by atoms with Crippen LogP contribution in [-0.4, -0.2) is 22.7 Å². The van der Waals surface area contributed by atoms with Crippen molar-refractivity contribution < 1.29 is 19.4 Å². The smallest absolute Gasteiger partial charge is 0.344 e. The van der Waals surface area contributed by atoms with E-state index >= 15 is 0 Å². The molecule has 0 fully saturated rings. The molecule has 0 bridgehead atoms. The third-order valence-electron chi connectivity index (χ3n) is 4.81. The number of halogens is 1. The van der Waals surface area contributed by atoms with Crippen LogP contribution >= 0.6 is 23.4 Å². The number of nitrogens with zero attached hydrogens (tertiary/aromatic N) is 1. The van der Waals surface area contributed by atoms with E-state index in [9.17, 15) is 9.90 Å². The predicted molar refractivity (Wildman–Crippen MR) is 138 cm³/mol. The molecule has 0 saturated heterocycles. The van der Waals surface area contributed by atoms with Crippen LogP contribution in [0.1, 0.15) is 18.1 Å². The van der Waals surface area contributed by atoms with Gasteiger partial charge >= 0.3 is 5.97 Å². The third kappa shape index (κ3) is 5.90. The minimum atomic E-state index is -0.628. The molecule has 1 heterocycles. The minimum absolute atomic E-state index is 0.0366. The summed E-state index contributed by atoms with van der Waals surface area (Å²) in [6, 6.07) is 24.4. The van der Waals surface area contributed by atoms with Crippen molar-refractivity contribution in [3.63, 3.8) is 0 Å². The Morgan fingerprint density at radius 2 is 1.85 bits per heavy atom. The number of benzene rings is 3. The van der Waals surface area contributed by atoms with Gasteiger partial charge in [-0.25, -0.2) is 9.79 Å². The van der Waals surface area contributed by atoms with Crippen molar-refractivity contribution in [2.75, 3.05) is 6.61 Å². The zero-order chi connectivity index (χ0) is 23.9. The molecule has 3 aromatic carbocycles. The summed E-state index contributed by atoms with van der Waals surface area (Å²) in [4.78, 5) is 17.6. The second-order valence-electron chi connectivity index (χ2n) is 7.30. The lowest BCUT2D eigenvalue weighted by Gasteiger charge is -2.07. The van der Waals surface area contributed by atoms with Gasteiger partial charge in [0.1, 0.15) is 28.7 Å². The third-order valence-corrected chi connectivity index (χ3v) is 6.07. The number of esters is 1. The molecule has 4 rings (SSSR count). The van der Waals surface area contributed by atoms with Gasteiger partial charge in [0.15, 0.2) is 0 Å². The molecule has 7 heteroatoms. The van der Waals surface area contributed by atoms with Crippen molar-refractivity contribution in [3.8, 4) is 5.75 Å². The first-order chi connectivity index (χ1) is 16.5. The predicted octanol–water partition coefficient (Wildman–Crippen LogP) is 7.11. The first kappa shape index (κ1) is 23.7. The zero-order valence-electron chi connectivity index (χ0n) is 18.4. The Morgan fingerprint density at radius 1 is 1.06 bits per heavy atom. The molecule has 34 heavy (non-hydrogen) atoms. The number of thioether (sulfide) groups is 1. The molecule has 0 saturated carbocycles. The van der Waals surface area contributed by atoms with Crippen LogP contribution < -0.4 is 4.74 Å². The van der Waals surface area contributed by atoms with Crippen molar-refractivity contribution in [1.82, 2.24) is 0 Å². The number of hydrogen-bond donors (Lipinski definition) is 1. The van der Waals surface area contributed by atoms with Gasteiger partial charge in [0, 0.05) is 5.02 Å². The molecule has 0 unspecified atom stereocenters. The maximum Gasteiger partial charge on any atom is 0.344 e. The molecule has 5 nitrogen and oxygen atoms in total. The van der Waals surface area contributed by atoms with E-state index in [0.29, 0.717) is 33.0 Å². The largest absolute Gasteiger partial charge is 0.506 e. The average Bonchev–Trinajstić information content (AvgIpc) is 3.13. The Bertz CT molecular complexity index is 1280. The summed E-state index contributed by atoms with van der Waals surface area (Å²) in [7, 11) is 0. The van der Waals surface area contributed by atoms with E-state index in [1.54, 1.807) is 37.3 Å². The summed E-state index contributed by atoms with van der Waals surface area (Å²) in [6.07, 6.45) is 1.79. The Morgan fingerprint density at radius 3 is 2.62 bits per heavy atom. The van der Waals surface area contributed by atoms with E-state index in [-0.39, 0.29) is 17.9 Å². The molecule has 0 spiro atoms. The molecule has 0 aromatic heterocycles. The van der Waals surface area contributed by atoms with Crippen LogP contribution in [0.5, 0.6) is 5.75 Å². The highest BCUT2D eigenvalue weighted by Crippen LogP contribution is 2.40. The highest BCUT2D eigenvalue weighted by atomic mass is 35.5. The number of hydrogen-bond acceptors (Lipinski definition) is 6. The number of aliphatic hydroxyl groups excluding tert-OH is 1. The lowest BCUT2D eigenvalue weighted by molar-refractivity contribution is -0.138. The van der Waals surface area contributed by atoms with Gasteiger partial charge in [-0.15, -0.1) is 0 Å². The molecule has 1 aliphatic heterocycles. The van der Waals surface area contributed by atoms with Crippen molar-refractivity contribution in [3.05, 3.63) is 111 Å². The number of carbonyl (C=O) groups is 1. The Hall–Kier alpha value is -3.48. The van der Waals surface area contributed by atoms with Crippen molar-refractivity contribution >= 4 is 46.1 Å². The molecule has 0 radical (unpaired) electrons. The fraction of sp³-hybridized carbons (Fsp3) is 0.111. The second-order valence-corrected chi connectivity index (χ2v) is 8.77. The van der Waals surface area contributed by atoms with Gasteiger partial charge in [-0.1, -0.05) is 71.9 Å². The number of rotatable bonds is 7. The molecule has 0 aliphatic carbocycles. The fourth-order valence-corrected chi connectivity index (χ4v) is 4.46. The van der Waals surface area contributed by atoms with Gasteiger partial charge in [0.05, 0.1) is 17.2 Å². The molecular weight excluding hydrogens is 470 g/mol. The van der Waals surface area contributed by atoms with Crippen LogP contribution in [0.2, 0.25) is 5.02 Å². The summed E-state index contributed by atoms with van der Waals surface area (Å²) in [5.41, 5.74) is 2.49. The van der Waals surface area contributed by atoms with Gasteiger partial charge < -0.3 is 14.6 Å². The van der Waals surface area contributed by atoms with E-state index < -0.39 is 5.97 Å². The van der Waals surface area contributed by atoms with Crippen molar-refractivity contribution in [2.24, 2.45) is 4.99 Å². The van der Waals surface area contributed by atoms with Crippen LogP contribution in [0, 0.1) is 0 Å². The zero-order valence-corrected chi connectivity index (χ0v) is 20.0. The lowest BCUT2D eigenvalue weighted by Crippen LogP contribution is -2.12. The summed E-state index contributed by atoms with van der Waals surface area (Å²) < 4.78 is 11.1. The normalized spacial score (nSPS) is 15.7. The highest BCUT2D eigenvalue weighted by Gasteiger charge is 2.33. The lowest BCUT2D eigenvalue weighted by atomic mass is 10.1. The second kappa shape index (κ2) is 11.1. The van der Waals surface area contributed by atoms with E-state index in [0.717, 1.165) is 11.1 Å². The minimum Gasteiger partial charge on any atom is -0.506 e. The molecule has 1 aliphatic rings. The highest BCUT2D eigenvalue weighted by molar-refractivity contribution is 8.18. The maximum absolute atomic E-state index is 12.6. The number of aliphatic imine (C=N–C) groups is 1. The summed E-state index contributed by atoms with van der Waals surface area (Å²) >= 11 is 7.27. The van der Waals surface area contributed by atoms with Gasteiger partial charge in [-0.2, -0.15) is 0 Å². The van der Waals surface area contributed by atoms with E-state index in [1.165, 1.54) is 11.8 Å². The Kier molecular flexibility index (Phi) is 7.72. The molecule has 172 valence electrons. The standard InChI is InChI=1S/C27H22ClNO4S/c1-2-32-27(31)24-25(30)23(34-26(24)29-21-12-7-11-20(28)16-21)15-19-10-6-13-22(14-19)33-17-18-8-4-3-5-9-18/h3-16,30H,2,17H2,1H3/b23-15-,29-26?. The quantitative estimate of drug-likeness (QED) is 0.356. The van der Waals surface area contributed by atoms with E-state index in [4.69, 9.17) is 21.1 Å². The monoisotopic (exact) mass is 491 g/mol. The van der Waals surface area contributed by atoms with Crippen LogP contribution in [0.4, 0.5) is 5.69 Å². The molecule has 3 aromatic rings. The van der Waals surface area contributed by atoms with Crippen LogP contribution in [0.15, 0.2) is 100 Å². The topological polar surface area (TPSA) is 68.1 Å². The Labute approximate surface area is 207 Å². The Balaban J connectivity index is 1.62. The maximum atomic E-state index is 12.6. The SMILES string of the molecule is CCOC(=O)C1=C(O)/C(=C/c2cccc(OCc3ccccc3)c2)SC1=Nc1cccc(Cl)c1. The molecule has 0 atom stereocenters. The van der Waals surface area contributed by atoms with Gasteiger partial charge in [-0.05, 0) is 54.5 Å². The number of aliphatic hydroxyl groups is 1. The molecule has 0 amide bonds. The average molecular weight is 492 g/mol. The number of ether oxygens (including phenoxy) is 2.